The van der Waals surface area contributed by atoms with E-state index in [4.69, 9.17) is 4.52 Å². The number of thiophene rings is 1. The second-order valence-corrected chi connectivity index (χ2v) is 8.76. The molecule has 1 amide bonds. The normalized spacial score (nSPS) is 15.1. The van der Waals surface area contributed by atoms with Crippen molar-refractivity contribution < 1.29 is 9.32 Å². The van der Waals surface area contributed by atoms with Crippen molar-refractivity contribution in [3.8, 4) is 0 Å². The van der Waals surface area contributed by atoms with Crippen molar-refractivity contribution in [2.45, 2.75) is 52.0 Å². The van der Waals surface area contributed by atoms with Gasteiger partial charge in [0, 0.05) is 19.7 Å². The Labute approximate surface area is 180 Å². The number of nitrogens with zero attached hydrogens (tertiary/aromatic N) is 4. The van der Waals surface area contributed by atoms with Gasteiger partial charge in [0.15, 0.2) is 0 Å². The van der Waals surface area contributed by atoms with Crippen molar-refractivity contribution in [2.75, 3.05) is 18.9 Å². The highest BCUT2D eigenvalue weighted by atomic mass is 32.1. The molecule has 3 heterocycles. The van der Waals surface area contributed by atoms with E-state index in [-0.39, 0.29) is 11.9 Å². The summed E-state index contributed by atoms with van der Waals surface area (Å²) in [4.78, 5) is 25.3. The lowest BCUT2D eigenvalue weighted by molar-refractivity contribution is 0.0742. The van der Waals surface area contributed by atoms with Gasteiger partial charge in [-0.15, -0.1) is 11.3 Å². The summed E-state index contributed by atoms with van der Waals surface area (Å²) in [7, 11) is 1.79. The molecule has 0 saturated heterocycles. The number of hydrogen-bond donors (Lipinski definition) is 1. The summed E-state index contributed by atoms with van der Waals surface area (Å²) in [6, 6.07) is 1.59. The lowest BCUT2D eigenvalue weighted by atomic mass is 9.97. The van der Waals surface area contributed by atoms with Gasteiger partial charge >= 0.3 is 0 Å². The van der Waals surface area contributed by atoms with Crippen LogP contribution in [0.4, 0.5) is 5.82 Å². The first-order valence-electron chi connectivity index (χ1n) is 10.4. The van der Waals surface area contributed by atoms with Crippen LogP contribution in [0.3, 0.4) is 0 Å². The predicted molar refractivity (Wildman–Crippen MR) is 119 cm³/mol. The van der Waals surface area contributed by atoms with Gasteiger partial charge < -0.3 is 14.7 Å². The zero-order valence-corrected chi connectivity index (χ0v) is 18.5. The van der Waals surface area contributed by atoms with Gasteiger partial charge in [0.05, 0.1) is 16.3 Å². The fourth-order valence-corrected chi connectivity index (χ4v) is 4.99. The third-order valence-electron chi connectivity index (χ3n) is 5.83. The molecule has 1 atom stereocenters. The number of hydrogen-bond acceptors (Lipinski definition) is 7. The molecule has 1 aliphatic carbocycles. The fourth-order valence-electron chi connectivity index (χ4n) is 3.85. The number of aryl methyl sites for hydroxylation is 1. The fraction of sp³-hybridized carbons (Fsp3) is 0.455. The molecule has 0 radical (unpaired) electrons. The molecule has 0 aromatic carbocycles. The number of aromatic nitrogens is 3. The second kappa shape index (κ2) is 8.95. The molecule has 0 saturated carbocycles. The Kier molecular flexibility index (Phi) is 6.13. The highest BCUT2D eigenvalue weighted by Crippen LogP contribution is 2.35. The minimum atomic E-state index is -0.187. The lowest BCUT2D eigenvalue weighted by Crippen LogP contribution is -2.29. The topological polar surface area (TPSA) is 84.2 Å². The Bertz CT molecular complexity index is 1060. The van der Waals surface area contributed by atoms with Gasteiger partial charge in [-0.2, -0.15) is 0 Å². The van der Waals surface area contributed by atoms with Crippen molar-refractivity contribution in [3.05, 3.63) is 46.4 Å². The van der Waals surface area contributed by atoms with Crippen molar-refractivity contribution in [1.29, 1.82) is 0 Å². The maximum Gasteiger partial charge on any atom is 0.264 e. The van der Waals surface area contributed by atoms with Gasteiger partial charge in [-0.25, -0.2) is 9.97 Å². The van der Waals surface area contributed by atoms with E-state index < -0.39 is 0 Å². The zero-order valence-electron chi connectivity index (χ0n) is 17.6. The van der Waals surface area contributed by atoms with Crippen LogP contribution in [0.5, 0.6) is 0 Å². The van der Waals surface area contributed by atoms with Crippen LogP contribution in [0, 0.1) is 6.92 Å². The number of nitrogens with one attached hydrogen (secondary N) is 1. The molecule has 3 aromatic heterocycles. The highest BCUT2D eigenvalue weighted by molar-refractivity contribution is 7.20. The van der Waals surface area contributed by atoms with Crippen LogP contribution in [-0.2, 0) is 0 Å². The van der Waals surface area contributed by atoms with Crippen molar-refractivity contribution >= 4 is 33.3 Å². The summed E-state index contributed by atoms with van der Waals surface area (Å²) in [6.07, 6.45) is 11.5. The van der Waals surface area contributed by atoms with Crippen molar-refractivity contribution in [2.24, 2.45) is 0 Å². The molecule has 1 aliphatic rings. The molecule has 30 heavy (non-hydrogen) atoms. The minimum Gasteiger partial charge on any atom is -0.369 e. The van der Waals surface area contributed by atoms with E-state index in [0.29, 0.717) is 4.88 Å². The lowest BCUT2D eigenvalue weighted by Gasteiger charge is -2.22. The van der Waals surface area contributed by atoms with Crippen LogP contribution >= 0.6 is 11.3 Å². The minimum absolute atomic E-state index is 0.0516. The summed E-state index contributed by atoms with van der Waals surface area (Å²) < 4.78 is 4.92. The van der Waals surface area contributed by atoms with Gasteiger partial charge in [0.25, 0.3) is 5.91 Å². The van der Waals surface area contributed by atoms with Crippen molar-refractivity contribution in [1.82, 2.24) is 20.0 Å². The van der Waals surface area contributed by atoms with E-state index in [2.05, 4.69) is 26.5 Å². The van der Waals surface area contributed by atoms with Crippen LogP contribution in [0.25, 0.3) is 10.2 Å². The summed E-state index contributed by atoms with van der Waals surface area (Å²) in [5.74, 6) is 0.751. The second-order valence-electron chi connectivity index (χ2n) is 7.76. The highest BCUT2D eigenvalue weighted by Gasteiger charge is 2.26. The quantitative estimate of drug-likeness (QED) is 0.529. The summed E-state index contributed by atoms with van der Waals surface area (Å²) >= 11 is 1.41. The molecule has 3 aromatic rings. The van der Waals surface area contributed by atoms with E-state index in [9.17, 15) is 4.79 Å². The Morgan fingerprint density at radius 3 is 2.97 bits per heavy atom. The van der Waals surface area contributed by atoms with Gasteiger partial charge in [0.1, 0.15) is 28.9 Å². The van der Waals surface area contributed by atoms with Crippen LogP contribution in [-0.4, -0.2) is 39.5 Å². The van der Waals surface area contributed by atoms with Gasteiger partial charge in [0.2, 0.25) is 0 Å². The number of anilines is 1. The average Bonchev–Trinajstić information content (AvgIpc) is 3.42. The van der Waals surface area contributed by atoms with Gasteiger partial charge in [-0.3, -0.25) is 4.79 Å². The molecule has 0 unspecified atom stereocenters. The first kappa shape index (κ1) is 20.5. The summed E-state index contributed by atoms with van der Waals surface area (Å²) in [6.45, 7) is 4.74. The summed E-state index contributed by atoms with van der Waals surface area (Å²) in [5, 5.41) is 8.37. The zero-order chi connectivity index (χ0) is 21.1. The van der Waals surface area contributed by atoms with Crippen LogP contribution in [0.2, 0.25) is 0 Å². The Morgan fingerprint density at radius 1 is 1.37 bits per heavy atom. The molecular weight excluding hydrogens is 398 g/mol. The molecule has 158 valence electrons. The van der Waals surface area contributed by atoms with Crippen LogP contribution in [0.1, 0.15) is 66.0 Å². The standard InChI is InChI=1S/C22H27N5O2S/c1-14-18-20(23-11-9-16-7-5-4-6-8-16)24-13-25-21(18)30-19(14)22(28)27(3)15(2)17-10-12-29-26-17/h7,10,12-13,15H,4-6,8-9,11H2,1-3H3,(H,23,24,25)/t15-/m1/s1. The maximum absolute atomic E-state index is 13.2. The van der Waals surface area contributed by atoms with E-state index in [0.717, 1.165) is 40.3 Å². The third kappa shape index (κ3) is 4.09. The predicted octanol–water partition coefficient (Wildman–Crippen LogP) is 5.12. The number of fused-ring (bicyclic) bond motifs is 1. The van der Waals surface area contributed by atoms with E-state index in [1.807, 2.05) is 13.8 Å². The molecular formula is C22H27N5O2S. The molecule has 0 bridgehead atoms. The number of carbonyl (C=O) groups is 1. The Balaban J connectivity index is 1.54. The molecule has 7 nitrogen and oxygen atoms in total. The largest absolute Gasteiger partial charge is 0.369 e. The number of carbonyl (C=O) groups excluding carboxylic acids is 1. The van der Waals surface area contributed by atoms with Crippen LogP contribution in [0.15, 0.2) is 34.8 Å². The Hall–Kier alpha value is -2.74. The van der Waals surface area contributed by atoms with E-state index >= 15 is 0 Å². The molecule has 8 heteroatoms. The van der Waals surface area contributed by atoms with E-state index in [1.165, 1.54) is 48.9 Å². The molecule has 4 rings (SSSR count). The van der Waals surface area contributed by atoms with Crippen molar-refractivity contribution in [3.63, 3.8) is 0 Å². The number of rotatable bonds is 7. The first-order valence-corrected chi connectivity index (χ1v) is 11.2. The smallest absolute Gasteiger partial charge is 0.264 e. The third-order valence-corrected chi connectivity index (χ3v) is 7.02. The first-order chi connectivity index (χ1) is 14.6. The Morgan fingerprint density at radius 2 is 2.23 bits per heavy atom. The van der Waals surface area contributed by atoms with E-state index in [1.54, 1.807) is 24.3 Å². The number of amides is 1. The SMILES string of the molecule is Cc1c(C(=O)N(C)[C@H](C)c2ccon2)sc2ncnc(NCCC3=CCCCC3)c12. The van der Waals surface area contributed by atoms with Gasteiger partial charge in [-0.05, 0) is 51.5 Å². The molecule has 0 spiro atoms. The molecule has 0 fully saturated rings. The van der Waals surface area contributed by atoms with Crippen LogP contribution < -0.4 is 5.32 Å². The average molecular weight is 426 g/mol. The van der Waals surface area contributed by atoms with Gasteiger partial charge in [-0.1, -0.05) is 16.8 Å². The monoisotopic (exact) mass is 425 g/mol. The maximum atomic E-state index is 13.2. The number of allylic oxidation sites excluding steroid dienone is 1. The molecule has 0 aliphatic heterocycles. The molecule has 1 N–H and O–H groups in total. The summed E-state index contributed by atoms with van der Waals surface area (Å²) in [5.41, 5.74) is 3.17.